The fraction of sp³-hybridized carbons (Fsp3) is 0.684. The fourth-order valence-electron chi connectivity index (χ4n) is 4.19. The van der Waals surface area contributed by atoms with Crippen molar-refractivity contribution >= 4 is 17.2 Å². The lowest BCUT2D eigenvalue weighted by atomic mass is 10.0. The van der Waals surface area contributed by atoms with Gasteiger partial charge >= 0.3 is 0 Å². The zero-order chi connectivity index (χ0) is 18.8. The van der Waals surface area contributed by atoms with Crippen LogP contribution in [-0.2, 0) is 11.3 Å². The number of hydrogen-bond acceptors (Lipinski definition) is 7. The summed E-state index contributed by atoms with van der Waals surface area (Å²) < 4.78 is 5.48. The normalized spacial score (nSPS) is 22.3. The van der Waals surface area contributed by atoms with Crippen molar-refractivity contribution in [1.29, 1.82) is 0 Å². The van der Waals surface area contributed by atoms with Crippen molar-refractivity contribution in [3.05, 3.63) is 27.8 Å². The minimum atomic E-state index is -0.119. The maximum Gasteiger partial charge on any atom is 0.249 e. The second-order valence-electron chi connectivity index (χ2n) is 7.63. The molecule has 2 aliphatic rings. The van der Waals surface area contributed by atoms with Crippen molar-refractivity contribution in [2.75, 3.05) is 19.6 Å². The standard InChI is InChI=1S/C19H27N5O2S/c1-13-17(27-12-20-13)11-23-8-7-16(18-21-14(2)22-26-18)24(10-9-23)19(25)15-5-3-4-6-15/h12,15-16H,3-11H2,1-2H3. The molecule has 0 bridgehead atoms. The first-order valence-corrected chi connectivity index (χ1v) is 10.7. The average Bonchev–Trinajstić information content (AvgIpc) is 3.38. The first kappa shape index (κ1) is 18.6. The Kier molecular flexibility index (Phi) is 5.54. The van der Waals surface area contributed by atoms with E-state index in [2.05, 4.69) is 26.9 Å². The molecule has 27 heavy (non-hydrogen) atoms. The summed E-state index contributed by atoms with van der Waals surface area (Å²) in [6, 6.07) is -0.119. The first-order chi connectivity index (χ1) is 13.1. The summed E-state index contributed by atoms with van der Waals surface area (Å²) in [6.45, 7) is 7.24. The summed E-state index contributed by atoms with van der Waals surface area (Å²) in [5, 5.41) is 3.96. The van der Waals surface area contributed by atoms with E-state index in [4.69, 9.17) is 4.52 Å². The lowest BCUT2D eigenvalue weighted by molar-refractivity contribution is -0.138. The average molecular weight is 390 g/mol. The molecule has 2 aromatic heterocycles. The van der Waals surface area contributed by atoms with Crippen LogP contribution in [0.15, 0.2) is 10.0 Å². The Morgan fingerprint density at radius 1 is 1.22 bits per heavy atom. The van der Waals surface area contributed by atoms with Crippen LogP contribution in [0.5, 0.6) is 0 Å². The monoisotopic (exact) mass is 389 g/mol. The van der Waals surface area contributed by atoms with E-state index < -0.39 is 0 Å². The number of thiazole rings is 1. The first-order valence-electron chi connectivity index (χ1n) is 9.84. The molecule has 1 saturated heterocycles. The van der Waals surface area contributed by atoms with Crippen LogP contribution in [0.4, 0.5) is 0 Å². The van der Waals surface area contributed by atoms with E-state index in [1.165, 1.54) is 4.88 Å². The minimum Gasteiger partial charge on any atom is -0.337 e. The smallest absolute Gasteiger partial charge is 0.249 e. The number of rotatable bonds is 4. The summed E-state index contributed by atoms with van der Waals surface area (Å²) in [6.07, 6.45) is 5.15. The second kappa shape index (κ2) is 8.06. The Balaban J connectivity index is 1.53. The summed E-state index contributed by atoms with van der Waals surface area (Å²) >= 11 is 1.70. The predicted octanol–water partition coefficient (Wildman–Crippen LogP) is 3.11. The molecular weight excluding hydrogens is 362 g/mol. The zero-order valence-corrected chi connectivity index (χ0v) is 16.9. The van der Waals surface area contributed by atoms with Crippen LogP contribution in [0.3, 0.4) is 0 Å². The minimum absolute atomic E-state index is 0.119. The molecule has 7 nitrogen and oxygen atoms in total. The van der Waals surface area contributed by atoms with Gasteiger partial charge in [0.2, 0.25) is 11.8 Å². The van der Waals surface area contributed by atoms with Gasteiger partial charge in [0.25, 0.3) is 0 Å². The van der Waals surface area contributed by atoms with Gasteiger partial charge in [-0.1, -0.05) is 18.0 Å². The molecule has 1 aliphatic carbocycles. The highest BCUT2D eigenvalue weighted by Gasteiger charge is 2.36. The van der Waals surface area contributed by atoms with E-state index in [9.17, 15) is 4.79 Å². The molecule has 4 rings (SSSR count). The van der Waals surface area contributed by atoms with Crippen LogP contribution < -0.4 is 0 Å². The van der Waals surface area contributed by atoms with Gasteiger partial charge in [-0.25, -0.2) is 4.98 Å². The number of amides is 1. The van der Waals surface area contributed by atoms with Gasteiger partial charge in [-0.2, -0.15) is 4.98 Å². The second-order valence-corrected chi connectivity index (χ2v) is 8.57. The van der Waals surface area contributed by atoms with Gasteiger partial charge in [-0.05, 0) is 33.1 Å². The third-order valence-corrected chi connectivity index (χ3v) is 6.70. The molecule has 2 fully saturated rings. The van der Waals surface area contributed by atoms with Crippen LogP contribution in [0.2, 0.25) is 0 Å². The van der Waals surface area contributed by atoms with Crippen molar-refractivity contribution in [2.24, 2.45) is 5.92 Å². The van der Waals surface area contributed by atoms with E-state index in [0.717, 1.165) is 57.4 Å². The maximum absolute atomic E-state index is 13.2. The summed E-state index contributed by atoms with van der Waals surface area (Å²) in [5.74, 6) is 1.63. The summed E-state index contributed by atoms with van der Waals surface area (Å²) in [4.78, 5) is 27.8. The van der Waals surface area contributed by atoms with Crippen LogP contribution in [-0.4, -0.2) is 50.5 Å². The van der Waals surface area contributed by atoms with Crippen LogP contribution in [0.1, 0.15) is 60.4 Å². The molecule has 1 unspecified atom stereocenters. The molecule has 0 spiro atoms. The summed E-state index contributed by atoms with van der Waals surface area (Å²) in [7, 11) is 0. The van der Waals surface area contributed by atoms with E-state index in [-0.39, 0.29) is 17.9 Å². The third kappa shape index (κ3) is 4.06. The molecule has 0 N–H and O–H groups in total. The maximum atomic E-state index is 13.2. The fourth-order valence-corrected chi connectivity index (χ4v) is 5.01. The van der Waals surface area contributed by atoms with Crippen LogP contribution >= 0.6 is 11.3 Å². The van der Waals surface area contributed by atoms with E-state index in [1.54, 1.807) is 11.3 Å². The number of hydrogen-bond donors (Lipinski definition) is 0. The SMILES string of the molecule is Cc1noc(C2CCN(Cc3scnc3C)CCN2C(=O)C2CCCC2)n1. The highest BCUT2D eigenvalue weighted by atomic mass is 32.1. The van der Waals surface area contributed by atoms with Crippen molar-refractivity contribution in [2.45, 2.75) is 58.5 Å². The molecule has 0 radical (unpaired) electrons. The number of carbonyl (C=O) groups is 1. The number of nitrogens with zero attached hydrogens (tertiary/aromatic N) is 5. The summed E-state index contributed by atoms with van der Waals surface area (Å²) in [5.41, 5.74) is 3.01. The third-order valence-electron chi connectivity index (χ3n) is 5.78. The van der Waals surface area contributed by atoms with Crippen molar-refractivity contribution in [1.82, 2.24) is 24.9 Å². The Labute approximate surface area is 163 Å². The molecule has 8 heteroatoms. The van der Waals surface area contributed by atoms with Crippen molar-refractivity contribution in [3.63, 3.8) is 0 Å². The molecule has 1 saturated carbocycles. The Morgan fingerprint density at radius 2 is 2.04 bits per heavy atom. The highest BCUT2D eigenvalue weighted by Crippen LogP contribution is 2.33. The van der Waals surface area contributed by atoms with Gasteiger partial charge in [0.15, 0.2) is 5.82 Å². The van der Waals surface area contributed by atoms with Crippen LogP contribution in [0, 0.1) is 19.8 Å². The van der Waals surface area contributed by atoms with E-state index >= 15 is 0 Å². The van der Waals surface area contributed by atoms with E-state index in [1.807, 2.05) is 17.3 Å². The molecule has 1 atom stereocenters. The molecular formula is C19H27N5O2S. The highest BCUT2D eigenvalue weighted by molar-refractivity contribution is 7.09. The molecule has 1 amide bonds. The quantitative estimate of drug-likeness (QED) is 0.800. The predicted molar refractivity (Wildman–Crippen MR) is 102 cm³/mol. The Bertz CT molecular complexity index is 783. The van der Waals surface area contributed by atoms with Gasteiger partial charge in [0.05, 0.1) is 11.2 Å². The lowest BCUT2D eigenvalue weighted by Crippen LogP contribution is -2.40. The van der Waals surface area contributed by atoms with Gasteiger partial charge in [-0.3, -0.25) is 9.69 Å². The molecule has 0 aromatic carbocycles. The Morgan fingerprint density at radius 3 is 2.70 bits per heavy atom. The molecule has 146 valence electrons. The largest absolute Gasteiger partial charge is 0.337 e. The number of carbonyl (C=O) groups excluding carboxylic acids is 1. The Hall–Kier alpha value is -1.80. The molecule has 1 aliphatic heterocycles. The lowest BCUT2D eigenvalue weighted by Gasteiger charge is -2.29. The zero-order valence-electron chi connectivity index (χ0n) is 16.1. The van der Waals surface area contributed by atoms with Crippen molar-refractivity contribution < 1.29 is 9.32 Å². The van der Waals surface area contributed by atoms with Crippen LogP contribution in [0.25, 0.3) is 0 Å². The van der Waals surface area contributed by atoms with E-state index in [0.29, 0.717) is 18.3 Å². The number of aryl methyl sites for hydroxylation is 2. The van der Waals surface area contributed by atoms with Gasteiger partial charge < -0.3 is 9.42 Å². The number of aromatic nitrogens is 3. The van der Waals surface area contributed by atoms with Gasteiger partial charge in [-0.15, -0.1) is 11.3 Å². The topological polar surface area (TPSA) is 75.4 Å². The van der Waals surface area contributed by atoms with Gasteiger partial charge in [0, 0.05) is 37.0 Å². The van der Waals surface area contributed by atoms with Gasteiger partial charge in [0.1, 0.15) is 6.04 Å². The molecule has 3 heterocycles. The molecule has 2 aromatic rings. The van der Waals surface area contributed by atoms with Crippen molar-refractivity contribution in [3.8, 4) is 0 Å².